The van der Waals surface area contributed by atoms with Gasteiger partial charge in [-0.05, 0) is 19.1 Å². The molecule has 0 aliphatic heterocycles. The average Bonchev–Trinajstić information content (AvgIpc) is 2.26. The minimum absolute atomic E-state index is 0.0398. The molecule has 0 spiro atoms. The first kappa shape index (κ1) is 16.5. The Morgan fingerprint density at radius 2 is 2.10 bits per heavy atom. The van der Waals surface area contributed by atoms with Crippen molar-refractivity contribution in [2.24, 2.45) is 0 Å². The Morgan fingerprint density at radius 3 is 2.65 bits per heavy atom. The molecule has 2 atom stereocenters. The topological polar surface area (TPSA) is 95.5 Å². The van der Waals surface area contributed by atoms with Gasteiger partial charge >= 0.3 is 12.0 Å². The van der Waals surface area contributed by atoms with Crippen molar-refractivity contribution >= 4 is 40.1 Å². The molecule has 0 bridgehead atoms. The number of nitrogens with one attached hydrogen (secondary N) is 2. The van der Waals surface area contributed by atoms with Crippen LogP contribution in [0.25, 0.3) is 0 Å². The number of anilines is 1. The summed E-state index contributed by atoms with van der Waals surface area (Å²) in [4.78, 5) is 22.8. The number of benzene rings is 1. The Labute approximate surface area is 124 Å². The largest absolute Gasteiger partial charge is 0.478 e. The van der Waals surface area contributed by atoms with Gasteiger partial charge in [0.05, 0.1) is 10.7 Å². The number of hydrogen-bond donors (Lipinski definition) is 3. The molecule has 3 N–H and O–H groups in total. The van der Waals surface area contributed by atoms with Crippen molar-refractivity contribution in [1.29, 1.82) is 0 Å². The first-order chi connectivity index (χ1) is 9.31. The van der Waals surface area contributed by atoms with E-state index in [2.05, 4.69) is 10.6 Å². The van der Waals surface area contributed by atoms with Crippen LogP contribution in [0.15, 0.2) is 18.2 Å². The lowest BCUT2D eigenvalue weighted by molar-refractivity contribution is 0.0698. The summed E-state index contributed by atoms with van der Waals surface area (Å²) in [6, 6.07) is 3.53. The van der Waals surface area contributed by atoms with Crippen LogP contribution in [0.4, 0.5) is 10.5 Å². The molecule has 0 heterocycles. The summed E-state index contributed by atoms with van der Waals surface area (Å²) in [5.74, 6) is -0.914. The number of carbonyl (C=O) groups excluding carboxylic acids is 1. The van der Waals surface area contributed by atoms with Crippen molar-refractivity contribution in [3.8, 4) is 0 Å². The van der Waals surface area contributed by atoms with E-state index < -0.39 is 22.8 Å². The van der Waals surface area contributed by atoms with E-state index in [0.717, 1.165) is 0 Å². The summed E-state index contributed by atoms with van der Waals surface area (Å²) in [6.45, 7) is 1.71. The number of carbonyl (C=O) groups is 2. The van der Waals surface area contributed by atoms with Gasteiger partial charge in [-0.2, -0.15) is 0 Å². The van der Waals surface area contributed by atoms with Crippen LogP contribution in [0.3, 0.4) is 0 Å². The van der Waals surface area contributed by atoms with Gasteiger partial charge in [0.15, 0.2) is 0 Å². The van der Waals surface area contributed by atoms with E-state index in [9.17, 15) is 13.8 Å². The molecule has 8 heteroatoms. The van der Waals surface area contributed by atoms with Crippen LogP contribution in [0.2, 0.25) is 5.02 Å². The Morgan fingerprint density at radius 1 is 1.45 bits per heavy atom. The summed E-state index contributed by atoms with van der Waals surface area (Å²) in [5.41, 5.74) is -0.0663. The number of rotatable bonds is 5. The third kappa shape index (κ3) is 4.82. The Balaban J connectivity index is 2.79. The van der Waals surface area contributed by atoms with E-state index in [4.69, 9.17) is 16.7 Å². The second-order valence-corrected chi connectivity index (χ2v) is 6.09. The number of amides is 2. The van der Waals surface area contributed by atoms with Crippen molar-refractivity contribution in [3.63, 3.8) is 0 Å². The summed E-state index contributed by atoms with van der Waals surface area (Å²) >= 11 is 5.79. The second-order valence-electron chi connectivity index (χ2n) is 4.21. The van der Waals surface area contributed by atoms with E-state index >= 15 is 0 Å². The Hall–Kier alpha value is -1.60. The lowest BCUT2D eigenvalue weighted by Gasteiger charge is -2.14. The molecule has 110 valence electrons. The lowest BCUT2D eigenvalue weighted by atomic mass is 10.2. The molecule has 0 fully saturated rings. The monoisotopic (exact) mass is 318 g/mol. The molecule has 0 saturated carbocycles. The Bertz CT molecular complexity index is 550. The van der Waals surface area contributed by atoms with Crippen LogP contribution in [-0.2, 0) is 10.8 Å². The number of carboxylic acids is 1. The molecule has 0 aliphatic carbocycles. The molecular weight excluding hydrogens is 304 g/mol. The molecular formula is C12H15ClN2O4S. The van der Waals surface area contributed by atoms with Crippen molar-refractivity contribution in [1.82, 2.24) is 5.32 Å². The van der Waals surface area contributed by atoms with Gasteiger partial charge < -0.3 is 15.7 Å². The predicted octanol–water partition coefficient (Wildman–Crippen LogP) is 1.93. The third-order valence-electron chi connectivity index (χ3n) is 2.34. The highest BCUT2D eigenvalue weighted by atomic mass is 35.5. The van der Waals surface area contributed by atoms with E-state index in [-0.39, 0.29) is 22.3 Å². The van der Waals surface area contributed by atoms with Crippen molar-refractivity contribution in [3.05, 3.63) is 28.8 Å². The number of urea groups is 1. The zero-order chi connectivity index (χ0) is 15.3. The van der Waals surface area contributed by atoms with Gasteiger partial charge in [0.25, 0.3) is 0 Å². The zero-order valence-electron chi connectivity index (χ0n) is 11.0. The molecule has 20 heavy (non-hydrogen) atoms. The summed E-state index contributed by atoms with van der Waals surface area (Å²) in [5, 5.41) is 14.1. The minimum Gasteiger partial charge on any atom is -0.478 e. The summed E-state index contributed by atoms with van der Waals surface area (Å²) in [6.07, 6.45) is 1.54. The van der Waals surface area contributed by atoms with Crippen LogP contribution in [0.5, 0.6) is 0 Å². The zero-order valence-corrected chi connectivity index (χ0v) is 12.5. The SMILES string of the molecule is CC(CS(C)=O)NC(=O)Nc1cccc(Cl)c1C(=O)O. The van der Waals surface area contributed by atoms with Crippen LogP contribution in [0, 0.1) is 0 Å². The van der Waals surface area contributed by atoms with Gasteiger partial charge in [-0.25, -0.2) is 9.59 Å². The van der Waals surface area contributed by atoms with E-state index in [0.29, 0.717) is 5.75 Å². The highest BCUT2D eigenvalue weighted by Gasteiger charge is 2.17. The van der Waals surface area contributed by atoms with E-state index in [1.54, 1.807) is 6.92 Å². The first-order valence-electron chi connectivity index (χ1n) is 5.70. The summed E-state index contributed by atoms with van der Waals surface area (Å²) < 4.78 is 11.0. The predicted molar refractivity (Wildman–Crippen MR) is 79.0 cm³/mol. The van der Waals surface area contributed by atoms with Crippen LogP contribution in [0.1, 0.15) is 17.3 Å². The fraction of sp³-hybridized carbons (Fsp3) is 0.333. The van der Waals surface area contributed by atoms with Gasteiger partial charge in [-0.3, -0.25) is 4.21 Å². The Kier molecular flexibility index (Phi) is 5.97. The average molecular weight is 319 g/mol. The molecule has 0 aliphatic rings. The van der Waals surface area contributed by atoms with E-state index in [1.807, 2.05) is 0 Å². The van der Waals surface area contributed by atoms with Crippen LogP contribution >= 0.6 is 11.6 Å². The molecule has 0 aromatic heterocycles. The first-order valence-corrected chi connectivity index (χ1v) is 7.81. The quantitative estimate of drug-likeness (QED) is 0.773. The highest BCUT2D eigenvalue weighted by molar-refractivity contribution is 7.84. The maximum Gasteiger partial charge on any atom is 0.339 e. The second kappa shape index (κ2) is 7.25. The number of aromatic carboxylic acids is 1. The summed E-state index contributed by atoms with van der Waals surface area (Å²) in [7, 11) is -1.03. The van der Waals surface area contributed by atoms with Gasteiger partial charge in [0, 0.05) is 28.9 Å². The normalized spacial score (nSPS) is 13.3. The van der Waals surface area contributed by atoms with Crippen LogP contribution < -0.4 is 10.6 Å². The van der Waals surface area contributed by atoms with Crippen molar-refractivity contribution in [2.75, 3.05) is 17.3 Å². The maximum absolute atomic E-state index is 11.7. The fourth-order valence-electron chi connectivity index (χ4n) is 1.62. The number of halogens is 1. The molecule has 6 nitrogen and oxygen atoms in total. The van der Waals surface area contributed by atoms with Crippen molar-refractivity contribution < 1.29 is 18.9 Å². The lowest BCUT2D eigenvalue weighted by Crippen LogP contribution is -2.39. The molecule has 0 radical (unpaired) electrons. The van der Waals surface area contributed by atoms with Crippen LogP contribution in [-0.4, -0.2) is 39.4 Å². The number of hydrogen-bond acceptors (Lipinski definition) is 3. The van der Waals surface area contributed by atoms with Gasteiger partial charge in [-0.1, -0.05) is 17.7 Å². The van der Waals surface area contributed by atoms with Crippen molar-refractivity contribution in [2.45, 2.75) is 13.0 Å². The minimum atomic E-state index is -1.23. The number of carboxylic acid groups (broad SMARTS) is 1. The smallest absolute Gasteiger partial charge is 0.339 e. The molecule has 0 saturated heterocycles. The molecule has 2 unspecified atom stereocenters. The van der Waals surface area contributed by atoms with E-state index in [1.165, 1.54) is 24.5 Å². The maximum atomic E-state index is 11.7. The molecule has 1 rings (SSSR count). The molecule has 1 aromatic carbocycles. The van der Waals surface area contributed by atoms with Gasteiger partial charge in [0.1, 0.15) is 5.56 Å². The van der Waals surface area contributed by atoms with Gasteiger partial charge in [0.2, 0.25) is 0 Å². The van der Waals surface area contributed by atoms with Gasteiger partial charge in [-0.15, -0.1) is 0 Å². The molecule has 2 amide bonds. The fourth-order valence-corrected chi connectivity index (χ4v) is 2.66. The molecule has 1 aromatic rings. The third-order valence-corrected chi connectivity index (χ3v) is 3.62. The standard InChI is InChI=1S/C12H15ClN2O4S/c1-7(6-20(2)19)14-12(18)15-9-5-3-4-8(13)10(9)11(16)17/h3-5,7H,6H2,1-2H3,(H,16,17)(H2,14,15,18). The highest BCUT2D eigenvalue weighted by Crippen LogP contribution is 2.24.